The van der Waals surface area contributed by atoms with Crippen LogP contribution in [0.25, 0.3) is 0 Å². The Hall–Kier alpha value is -1.30. The molecule has 0 radical (unpaired) electrons. The molecule has 6 heteroatoms. The van der Waals surface area contributed by atoms with Crippen molar-refractivity contribution in [2.24, 2.45) is 0 Å². The Morgan fingerprint density at radius 2 is 2.06 bits per heavy atom. The minimum absolute atomic E-state index is 0.337. The molecule has 1 aliphatic rings. The summed E-state index contributed by atoms with van der Waals surface area (Å²) in [4.78, 5) is 23.7. The van der Waals surface area contributed by atoms with Crippen molar-refractivity contribution in [2.45, 2.75) is 45.3 Å². The van der Waals surface area contributed by atoms with Crippen LogP contribution in [0.15, 0.2) is 0 Å². The zero-order valence-corrected chi connectivity index (χ0v) is 10.5. The number of nitrogens with one attached hydrogen (secondary N) is 1. The van der Waals surface area contributed by atoms with Crippen LogP contribution in [-0.4, -0.2) is 46.9 Å². The molecular weight excluding hydrogens is 224 g/mol. The summed E-state index contributed by atoms with van der Waals surface area (Å²) in [5, 5.41) is 12.2. The van der Waals surface area contributed by atoms with Crippen LogP contribution in [0, 0.1) is 0 Å². The van der Waals surface area contributed by atoms with Crippen LogP contribution >= 0.6 is 0 Å². The molecule has 1 saturated heterocycles. The second kappa shape index (κ2) is 5.35. The zero-order chi connectivity index (χ0) is 13.1. The first-order valence-electron chi connectivity index (χ1n) is 5.77. The van der Waals surface area contributed by atoms with Gasteiger partial charge in [0.05, 0.1) is 6.04 Å². The smallest absolute Gasteiger partial charge is 0.420 e. The summed E-state index contributed by atoms with van der Waals surface area (Å²) in [7, 11) is 0. The molecule has 17 heavy (non-hydrogen) atoms. The van der Waals surface area contributed by atoms with E-state index in [1.807, 2.05) is 0 Å². The molecule has 1 rings (SSSR count). The molecule has 0 spiro atoms. The van der Waals surface area contributed by atoms with E-state index < -0.39 is 17.8 Å². The standard InChI is InChI=1S/C11H20N2O4/c1-11(2,3)17-10(16)13(9(14)15)8-5-4-6-12-7-8/h8,12H,4-7H2,1-3H3,(H,14,15). The fourth-order valence-corrected chi connectivity index (χ4v) is 1.75. The lowest BCUT2D eigenvalue weighted by molar-refractivity contribution is 0.0169. The predicted octanol–water partition coefficient (Wildman–Crippen LogP) is 1.65. The number of carboxylic acid groups (broad SMARTS) is 1. The number of carbonyl (C=O) groups is 2. The maximum Gasteiger partial charge on any atom is 0.420 e. The highest BCUT2D eigenvalue weighted by atomic mass is 16.6. The normalized spacial score (nSPS) is 20.8. The van der Waals surface area contributed by atoms with Gasteiger partial charge in [-0.25, -0.2) is 14.5 Å². The topological polar surface area (TPSA) is 78.9 Å². The second-order valence-corrected chi connectivity index (χ2v) is 5.13. The third-order valence-electron chi connectivity index (χ3n) is 2.43. The van der Waals surface area contributed by atoms with Crippen LogP contribution in [0.5, 0.6) is 0 Å². The summed E-state index contributed by atoms with van der Waals surface area (Å²) in [6, 6.07) is -0.337. The van der Waals surface area contributed by atoms with Crippen LogP contribution in [0.4, 0.5) is 9.59 Å². The average Bonchev–Trinajstić information content (AvgIpc) is 2.15. The van der Waals surface area contributed by atoms with Crippen molar-refractivity contribution in [3.63, 3.8) is 0 Å². The second-order valence-electron chi connectivity index (χ2n) is 5.13. The van der Waals surface area contributed by atoms with Crippen molar-refractivity contribution < 1.29 is 19.4 Å². The van der Waals surface area contributed by atoms with Crippen LogP contribution in [-0.2, 0) is 4.74 Å². The zero-order valence-electron chi connectivity index (χ0n) is 10.5. The van der Waals surface area contributed by atoms with Gasteiger partial charge < -0.3 is 15.2 Å². The van der Waals surface area contributed by atoms with Gasteiger partial charge in [0.25, 0.3) is 0 Å². The molecular formula is C11H20N2O4. The number of hydrogen-bond donors (Lipinski definition) is 2. The number of carbonyl (C=O) groups excluding carboxylic acids is 1. The summed E-state index contributed by atoms with van der Waals surface area (Å²) >= 11 is 0. The van der Waals surface area contributed by atoms with Crippen LogP contribution < -0.4 is 5.32 Å². The highest BCUT2D eigenvalue weighted by molar-refractivity contribution is 5.87. The molecule has 0 aliphatic carbocycles. The molecule has 0 aromatic heterocycles. The lowest BCUT2D eigenvalue weighted by Gasteiger charge is -2.32. The Morgan fingerprint density at radius 3 is 2.47 bits per heavy atom. The summed E-state index contributed by atoms with van der Waals surface area (Å²) < 4.78 is 5.09. The number of nitrogens with zero attached hydrogens (tertiary/aromatic N) is 1. The third-order valence-corrected chi connectivity index (χ3v) is 2.43. The monoisotopic (exact) mass is 244 g/mol. The highest BCUT2D eigenvalue weighted by Gasteiger charge is 2.34. The molecule has 1 unspecified atom stereocenters. The quantitative estimate of drug-likeness (QED) is 0.733. The molecule has 1 aliphatic heterocycles. The molecule has 2 amide bonds. The predicted molar refractivity (Wildman–Crippen MR) is 62.0 cm³/mol. The van der Waals surface area contributed by atoms with Crippen molar-refractivity contribution in [1.29, 1.82) is 0 Å². The summed E-state index contributed by atoms with van der Waals surface area (Å²) in [5.41, 5.74) is -0.688. The maximum absolute atomic E-state index is 11.8. The minimum atomic E-state index is -1.26. The van der Waals surface area contributed by atoms with E-state index in [0.29, 0.717) is 13.0 Å². The van der Waals surface area contributed by atoms with Gasteiger partial charge in [-0.1, -0.05) is 0 Å². The Morgan fingerprint density at radius 1 is 1.41 bits per heavy atom. The number of hydrogen-bond acceptors (Lipinski definition) is 4. The van der Waals surface area contributed by atoms with Gasteiger partial charge in [0.15, 0.2) is 0 Å². The van der Waals surface area contributed by atoms with E-state index in [1.165, 1.54) is 0 Å². The molecule has 1 atom stereocenters. The van der Waals surface area contributed by atoms with E-state index in [4.69, 9.17) is 9.84 Å². The van der Waals surface area contributed by atoms with Gasteiger partial charge in [-0.2, -0.15) is 0 Å². The molecule has 0 bridgehead atoms. The van der Waals surface area contributed by atoms with E-state index in [1.54, 1.807) is 20.8 Å². The molecule has 1 heterocycles. The number of imide groups is 1. The van der Waals surface area contributed by atoms with Crippen molar-refractivity contribution in [3.8, 4) is 0 Å². The molecule has 2 N–H and O–H groups in total. The van der Waals surface area contributed by atoms with Crippen LogP contribution in [0.1, 0.15) is 33.6 Å². The van der Waals surface area contributed by atoms with Crippen molar-refractivity contribution in [3.05, 3.63) is 0 Å². The first-order chi connectivity index (χ1) is 7.81. The van der Waals surface area contributed by atoms with E-state index in [0.717, 1.165) is 17.9 Å². The SMILES string of the molecule is CC(C)(C)OC(=O)N(C(=O)O)C1CCCNC1. The van der Waals surface area contributed by atoms with E-state index >= 15 is 0 Å². The molecule has 98 valence electrons. The fraction of sp³-hybridized carbons (Fsp3) is 0.818. The van der Waals surface area contributed by atoms with Gasteiger partial charge >= 0.3 is 12.2 Å². The van der Waals surface area contributed by atoms with Crippen LogP contribution in [0.2, 0.25) is 0 Å². The summed E-state index contributed by atoms with van der Waals surface area (Å²) in [6.45, 7) is 6.49. The summed E-state index contributed by atoms with van der Waals surface area (Å²) in [6.07, 6.45) is -0.512. The van der Waals surface area contributed by atoms with Crippen molar-refractivity contribution in [1.82, 2.24) is 10.2 Å². The van der Waals surface area contributed by atoms with Gasteiger partial charge in [0.2, 0.25) is 0 Å². The Labute approximate surface area is 101 Å². The molecule has 0 aromatic carbocycles. The average molecular weight is 244 g/mol. The minimum Gasteiger partial charge on any atom is -0.465 e. The lowest BCUT2D eigenvalue weighted by Crippen LogP contribution is -2.52. The van der Waals surface area contributed by atoms with Crippen LogP contribution in [0.3, 0.4) is 0 Å². The van der Waals surface area contributed by atoms with Gasteiger partial charge in [0, 0.05) is 6.54 Å². The largest absolute Gasteiger partial charge is 0.465 e. The maximum atomic E-state index is 11.8. The number of rotatable bonds is 1. The van der Waals surface area contributed by atoms with Gasteiger partial charge in [-0.05, 0) is 40.2 Å². The Balaban J connectivity index is 2.71. The van der Waals surface area contributed by atoms with Gasteiger partial charge in [-0.15, -0.1) is 0 Å². The Bertz CT molecular complexity index is 292. The van der Waals surface area contributed by atoms with Gasteiger partial charge in [0.1, 0.15) is 5.60 Å². The lowest BCUT2D eigenvalue weighted by atomic mass is 10.1. The number of ether oxygens (including phenoxy) is 1. The van der Waals surface area contributed by atoms with E-state index in [-0.39, 0.29) is 6.04 Å². The third kappa shape index (κ3) is 4.22. The van der Waals surface area contributed by atoms with Crippen molar-refractivity contribution >= 4 is 12.2 Å². The molecule has 1 fully saturated rings. The molecule has 0 saturated carbocycles. The first-order valence-corrected chi connectivity index (χ1v) is 5.77. The fourth-order valence-electron chi connectivity index (χ4n) is 1.75. The first kappa shape index (κ1) is 13.8. The van der Waals surface area contributed by atoms with E-state index in [2.05, 4.69) is 5.32 Å². The number of amides is 2. The highest BCUT2D eigenvalue weighted by Crippen LogP contribution is 2.16. The van der Waals surface area contributed by atoms with E-state index in [9.17, 15) is 9.59 Å². The molecule has 6 nitrogen and oxygen atoms in total. The number of piperidine rings is 1. The summed E-state index contributed by atoms with van der Waals surface area (Å²) in [5.74, 6) is 0. The van der Waals surface area contributed by atoms with Gasteiger partial charge in [-0.3, -0.25) is 0 Å². The molecule has 0 aromatic rings. The Kier molecular flexibility index (Phi) is 4.34. The van der Waals surface area contributed by atoms with Crippen molar-refractivity contribution in [2.75, 3.05) is 13.1 Å².